The Labute approximate surface area is 119 Å². The number of aryl methyl sites for hydroxylation is 2. The molecule has 5 heteroatoms. The second kappa shape index (κ2) is 6.02. The van der Waals surface area contributed by atoms with E-state index in [0.717, 1.165) is 11.1 Å². The molecule has 0 saturated heterocycles. The summed E-state index contributed by atoms with van der Waals surface area (Å²) in [6.45, 7) is 9.84. The molecule has 0 saturated carbocycles. The number of carbonyl (C=O) groups excluding carboxylic acids is 1. The SMILES string of the molecule is Cc1ccc(C)c(C(=O)NNC(=S)NC(C)(C)C)c1. The lowest BCUT2D eigenvalue weighted by Gasteiger charge is -2.23. The summed E-state index contributed by atoms with van der Waals surface area (Å²) >= 11 is 5.09. The third-order valence-electron chi connectivity index (χ3n) is 2.42. The van der Waals surface area contributed by atoms with Crippen molar-refractivity contribution in [2.45, 2.75) is 40.2 Å². The molecule has 19 heavy (non-hydrogen) atoms. The van der Waals surface area contributed by atoms with Crippen LogP contribution >= 0.6 is 12.2 Å². The molecule has 0 heterocycles. The monoisotopic (exact) mass is 279 g/mol. The minimum atomic E-state index is -0.195. The molecule has 0 aliphatic heterocycles. The zero-order chi connectivity index (χ0) is 14.6. The first-order valence-electron chi connectivity index (χ1n) is 6.15. The lowest BCUT2D eigenvalue weighted by molar-refractivity contribution is 0.0942. The number of amides is 1. The van der Waals surface area contributed by atoms with Crippen LogP contribution in [0.25, 0.3) is 0 Å². The van der Waals surface area contributed by atoms with Gasteiger partial charge in [-0.2, -0.15) is 0 Å². The lowest BCUT2D eigenvalue weighted by Crippen LogP contribution is -2.52. The summed E-state index contributed by atoms with van der Waals surface area (Å²) in [4.78, 5) is 12.0. The zero-order valence-electron chi connectivity index (χ0n) is 12.0. The van der Waals surface area contributed by atoms with Crippen LogP contribution in [0.4, 0.5) is 0 Å². The highest BCUT2D eigenvalue weighted by atomic mass is 32.1. The molecule has 1 aromatic rings. The first-order valence-corrected chi connectivity index (χ1v) is 6.55. The molecule has 104 valence electrons. The average Bonchev–Trinajstić information content (AvgIpc) is 2.27. The number of nitrogens with one attached hydrogen (secondary N) is 3. The van der Waals surface area contributed by atoms with E-state index in [1.165, 1.54) is 0 Å². The number of benzene rings is 1. The molecule has 1 aromatic carbocycles. The van der Waals surface area contributed by atoms with Gasteiger partial charge >= 0.3 is 0 Å². The maximum atomic E-state index is 12.0. The molecule has 0 spiro atoms. The quantitative estimate of drug-likeness (QED) is 0.545. The van der Waals surface area contributed by atoms with E-state index < -0.39 is 0 Å². The molecule has 0 bridgehead atoms. The Morgan fingerprint density at radius 2 is 1.79 bits per heavy atom. The molecule has 0 atom stereocenters. The third-order valence-corrected chi connectivity index (χ3v) is 2.62. The number of hydrazine groups is 1. The molecule has 0 aliphatic carbocycles. The van der Waals surface area contributed by atoms with Gasteiger partial charge in [-0.25, -0.2) is 0 Å². The third kappa shape index (κ3) is 5.26. The Bertz CT molecular complexity index is 492. The van der Waals surface area contributed by atoms with E-state index in [0.29, 0.717) is 10.7 Å². The van der Waals surface area contributed by atoms with Gasteiger partial charge in [0.25, 0.3) is 5.91 Å². The van der Waals surface area contributed by atoms with Crippen LogP contribution in [0.1, 0.15) is 42.3 Å². The largest absolute Gasteiger partial charge is 0.357 e. The van der Waals surface area contributed by atoms with Crippen molar-refractivity contribution >= 4 is 23.2 Å². The minimum absolute atomic E-state index is 0.145. The maximum absolute atomic E-state index is 12.0. The summed E-state index contributed by atoms with van der Waals surface area (Å²) in [5.74, 6) is -0.195. The van der Waals surface area contributed by atoms with Gasteiger partial charge in [-0.3, -0.25) is 15.6 Å². The smallest absolute Gasteiger partial charge is 0.269 e. The summed E-state index contributed by atoms with van der Waals surface area (Å²) < 4.78 is 0. The van der Waals surface area contributed by atoms with E-state index in [1.807, 2.05) is 52.8 Å². The summed E-state index contributed by atoms with van der Waals surface area (Å²) in [5.41, 5.74) is 7.78. The summed E-state index contributed by atoms with van der Waals surface area (Å²) in [5, 5.41) is 3.45. The van der Waals surface area contributed by atoms with Crippen LogP contribution in [0, 0.1) is 13.8 Å². The molecule has 0 unspecified atom stereocenters. The van der Waals surface area contributed by atoms with E-state index in [9.17, 15) is 4.79 Å². The van der Waals surface area contributed by atoms with Crippen LogP contribution in [0.5, 0.6) is 0 Å². The van der Waals surface area contributed by atoms with E-state index >= 15 is 0 Å². The lowest BCUT2D eigenvalue weighted by atomic mass is 10.1. The highest BCUT2D eigenvalue weighted by Crippen LogP contribution is 2.10. The fraction of sp³-hybridized carbons (Fsp3) is 0.429. The maximum Gasteiger partial charge on any atom is 0.269 e. The van der Waals surface area contributed by atoms with Crippen molar-refractivity contribution in [3.05, 3.63) is 34.9 Å². The van der Waals surface area contributed by atoms with Crippen LogP contribution in [0.3, 0.4) is 0 Å². The van der Waals surface area contributed by atoms with Crippen molar-refractivity contribution in [1.82, 2.24) is 16.2 Å². The Kier molecular flexibility index (Phi) is 4.89. The molecule has 0 radical (unpaired) electrons. The van der Waals surface area contributed by atoms with E-state index in [2.05, 4.69) is 16.2 Å². The molecule has 0 aromatic heterocycles. The highest BCUT2D eigenvalue weighted by Gasteiger charge is 2.12. The average molecular weight is 279 g/mol. The number of rotatable bonds is 1. The molecule has 1 amide bonds. The molecular formula is C14H21N3OS. The molecule has 4 nitrogen and oxygen atoms in total. The topological polar surface area (TPSA) is 53.2 Å². The van der Waals surface area contributed by atoms with Gasteiger partial charge in [-0.05, 0) is 58.5 Å². The number of thiocarbonyl (C=S) groups is 1. The van der Waals surface area contributed by atoms with Gasteiger partial charge in [-0.15, -0.1) is 0 Å². The van der Waals surface area contributed by atoms with Crippen molar-refractivity contribution in [2.75, 3.05) is 0 Å². The molecule has 1 rings (SSSR count). The van der Waals surface area contributed by atoms with Gasteiger partial charge in [0.15, 0.2) is 5.11 Å². The van der Waals surface area contributed by atoms with E-state index in [4.69, 9.17) is 12.2 Å². The molecule has 0 fully saturated rings. The normalized spacial score (nSPS) is 10.8. The Hall–Kier alpha value is -1.62. The van der Waals surface area contributed by atoms with E-state index in [1.54, 1.807) is 0 Å². The van der Waals surface area contributed by atoms with Crippen LogP contribution in [0.15, 0.2) is 18.2 Å². The molecule has 0 aliphatic rings. The number of hydrogen-bond acceptors (Lipinski definition) is 2. The van der Waals surface area contributed by atoms with Crippen LogP contribution < -0.4 is 16.2 Å². The Morgan fingerprint density at radius 1 is 1.16 bits per heavy atom. The Morgan fingerprint density at radius 3 is 2.37 bits per heavy atom. The minimum Gasteiger partial charge on any atom is -0.357 e. The summed E-state index contributed by atoms with van der Waals surface area (Å²) in [6, 6.07) is 5.76. The second-order valence-corrected chi connectivity index (χ2v) is 6.01. The zero-order valence-corrected chi connectivity index (χ0v) is 12.9. The standard InChI is InChI=1S/C14H21N3OS/c1-9-6-7-10(2)11(8-9)12(18)16-17-13(19)15-14(3,4)5/h6-8H,1-5H3,(H,16,18)(H2,15,17,19). The first kappa shape index (κ1) is 15.4. The number of carbonyl (C=O) groups is 1. The van der Waals surface area contributed by atoms with Crippen molar-refractivity contribution in [1.29, 1.82) is 0 Å². The molecule has 3 N–H and O–H groups in total. The van der Waals surface area contributed by atoms with Crippen LogP contribution in [-0.4, -0.2) is 16.6 Å². The van der Waals surface area contributed by atoms with Crippen molar-refractivity contribution in [2.24, 2.45) is 0 Å². The predicted molar refractivity (Wildman–Crippen MR) is 82.0 cm³/mol. The fourth-order valence-corrected chi connectivity index (χ4v) is 1.89. The van der Waals surface area contributed by atoms with Gasteiger partial charge in [0.2, 0.25) is 0 Å². The van der Waals surface area contributed by atoms with Gasteiger partial charge in [0.1, 0.15) is 0 Å². The van der Waals surface area contributed by atoms with Crippen LogP contribution in [0.2, 0.25) is 0 Å². The molecular weight excluding hydrogens is 258 g/mol. The predicted octanol–water partition coefficient (Wildman–Crippen LogP) is 2.21. The van der Waals surface area contributed by atoms with Crippen LogP contribution in [-0.2, 0) is 0 Å². The van der Waals surface area contributed by atoms with Crippen molar-refractivity contribution < 1.29 is 4.79 Å². The fourth-order valence-electron chi connectivity index (χ4n) is 1.53. The summed E-state index contributed by atoms with van der Waals surface area (Å²) in [7, 11) is 0. The van der Waals surface area contributed by atoms with Gasteiger partial charge in [-0.1, -0.05) is 17.7 Å². The van der Waals surface area contributed by atoms with Gasteiger partial charge < -0.3 is 5.32 Å². The van der Waals surface area contributed by atoms with Gasteiger partial charge in [0.05, 0.1) is 0 Å². The van der Waals surface area contributed by atoms with Crippen molar-refractivity contribution in [3.8, 4) is 0 Å². The highest BCUT2D eigenvalue weighted by molar-refractivity contribution is 7.80. The van der Waals surface area contributed by atoms with Gasteiger partial charge in [0, 0.05) is 11.1 Å². The van der Waals surface area contributed by atoms with E-state index in [-0.39, 0.29) is 11.4 Å². The van der Waals surface area contributed by atoms with Crippen molar-refractivity contribution in [3.63, 3.8) is 0 Å². The second-order valence-electron chi connectivity index (χ2n) is 5.60. The first-order chi connectivity index (χ1) is 8.69. The number of hydrogen-bond donors (Lipinski definition) is 3. The Balaban J connectivity index is 2.61. The summed E-state index contributed by atoms with van der Waals surface area (Å²) in [6.07, 6.45) is 0.